The van der Waals surface area contributed by atoms with Gasteiger partial charge in [-0.25, -0.2) is 4.39 Å². The summed E-state index contributed by atoms with van der Waals surface area (Å²) in [5.41, 5.74) is 10.4. The Kier molecular flexibility index (Phi) is 11.3. The number of nitrogens with one attached hydrogen (secondary N) is 2. The lowest BCUT2D eigenvalue weighted by Crippen LogP contribution is -2.56. The minimum absolute atomic E-state index is 0.0260. The quantitative estimate of drug-likeness (QED) is 0.147. The molecule has 4 amide bonds. The molecule has 2 atom stereocenters. The van der Waals surface area contributed by atoms with Crippen LogP contribution in [0.5, 0.6) is 0 Å². The SMILES string of the molecule is CC1(C)CCN(C(=O)CCC(=O)N2Cc3ccccc3CC2C(=O)NC(CCN=[N+]=[N-])C(=O)Nc2ccc(Cl)c(Cl)c2F)CC1. The fraction of sp³-hybridized carbons (Fsp3) is 0.484. The van der Waals surface area contributed by atoms with Gasteiger partial charge in [0.05, 0.1) is 15.7 Å². The molecule has 240 valence electrons. The highest BCUT2D eigenvalue weighted by molar-refractivity contribution is 6.42. The molecule has 1 saturated heterocycles. The second kappa shape index (κ2) is 14.9. The second-order valence-corrected chi connectivity index (χ2v) is 12.9. The van der Waals surface area contributed by atoms with E-state index >= 15 is 0 Å². The summed E-state index contributed by atoms with van der Waals surface area (Å²) in [6.07, 6.45) is 1.84. The van der Waals surface area contributed by atoms with Gasteiger partial charge in [-0.1, -0.05) is 66.4 Å². The number of azide groups is 1. The van der Waals surface area contributed by atoms with Gasteiger partial charge in [-0.2, -0.15) is 0 Å². The van der Waals surface area contributed by atoms with Gasteiger partial charge >= 0.3 is 0 Å². The third-order valence-corrected chi connectivity index (χ3v) is 9.18. The lowest BCUT2D eigenvalue weighted by molar-refractivity contribution is -0.144. The van der Waals surface area contributed by atoms with Crippen molar-refractivity contribution in [1.29, 1.82) is 0 Å². The zero-order chi connectivity index (χ0) is 32.7. The monoisotopic (exact) mass is 659 g/mol. The summed E-state index contributed by atoms with van der Waals surface area (Å²) in [6, 6.07) is 7.77. The Morgan fingerprint density at radius 3 is 2.42 bits per heavy atom. The number of carbonyl (C=O) groups is 4. The molecule has 11 nitrogen and oxygen atoms in total. The molecule has 2 aromatic rings. The maximum atomic E-state index is 14.7. The van der Waals surface area contributed by atoms with E-state index in [0.29, 0.717) is 13.1 Å². The number of rotatable bonds is 10. The summed E-state index contributed by atoms with van der Waals surface area (Å²) >= 11 is 11.7. The number of amides is 4. The van der Waals surface area contributed by atoms with Crippen LogP contribution in [0.2, 0.25) is 10.0 Å². The Bertz CT molecular complexity index is 1500. The van der Waals surface area contributed by atoms with Crippen LogP contribution in [0.15, 0.2) is 41.5 Å². The first-order valence-electron chi connectivity index (χ1n) is 14.8. The van der Waals surface area contributed by atoms with Crippen LogP contribution in [0.3, 0.4) is 0 Å². The number of hydrogen-bond acceptors (Lipinski definition) is 5. The van der Waals surface area contributed by atoms with Crippen LogP contribution >= 0.6 is 23.2 Å². The Balaban J connectivity index is 1.49. The predicted octanol–water partition coefficient (Wildman–Crippen LogP) is 5.64. The third-order valence-electron chi connectivity index (χ3n) is 8.40. The van der Waals surface area contributed by atoms with Gasteiger partial charge in [0.2, 0.25) is 23.6 Å². The number of nitrogens with zero attached hydrogens (tertiary/aromatic N) is 5. The average Bonchev–Trinajstić information content (AvgIpc) is 3.02. The zero-order valence-corrected chi connectivity index (χ0v) is 26.7. The van der Waals surface area contributed by atoms with Crippen LogP contribution < -0.4 is 10.6 Å². The van der Waals surface area contributed by atoms with Gasteiger partial charge in [-0.15, -0.1) is 0 Å². The van der Waals surface area contributed by atoms with E-state index in [1.807, 2.05) is 24.3 Å². The van der Waals surface area contributed by atoms with Crippen LogP contribution in [0.1, 0.15) is 57.1 Å². The minimum Gasteiger partial charge on any atom is -0.343 e. The normalized spacial score (nSPS) is 17.8. The second-order valence-electron chi connectivity index (χ2n) is 12.1. The van der Waals surface area contributed by atoms with Crippen molar-refractivity contribution in [3.05, 3.63) is 73.8 Å². The van der Waals surface area contributed by atoms with E-state index in [1.165, 1.54) is 17.0 Å². The molecule has 0 aliphatic carbocycles. The summed E-state index contributed by atoms with van der Waals surface area (Å²) in [5, 5.41) is 8.12. The van der Waals surface area contributed by atoms with E-state index in [0.717, 1.165) is 24.0 Å². The van der Waals surface area contributed by atoms with E-state index in [9.17, 15) is 23.6 Å². The van der Waals surface area contributed by atoms with Crippen molar-refractivity contribution in [3.8, 4) is 0 Å². The van der Waals surface area contributed by atoms with E-state index < -0.39 is 29.7 Å². The molecule has 0 spiro atoms. The van der Waals surface area contributed by atoms with Gasteiger partial charge < -0.3 is 20.4 Å². The maximum Gasteiger partial charge on any atom is 0.247 e. The molecule has 2 aliphatic heterocycles. The molecular weight excluding hydrogens is 624 g/mol. The van der Waals surface area contributed by atoms with Crippen molar-refractivity contribution in [1.82, 2.24) is 15.1 Å². The third kappa shape index (κ3) is 8.65. The molecule has 0 saturated carbocycles. The highest BCUT2D eigenvalue weighted by Crippen LogP contribution is 2.31. The number of fused-ring (bicyclic) bond motifs is 1. The topological polar surface area (TPSA) is 148 Å². The molecule has 2 aromatic carbocycles. The molecular formula is C31H36Cl2FN7O4. The Labute approximate surface area is 271 Å². The number of benzene rings is 2. The number of halogens is 3. The molecule has 0 aromatic heterocycles. The van der Waals surface area contributed by atoms with Crippen LogP contribution in [0.25, 0.3) is 10.4 Å². The van der Waals surface area contributed by atoms with Crippen molar-refractivity contribution in [2.75, 3.05) is 25.0 Å². The Hall–Kier alpha value is -3.86. The summed E-state index contributed by atoms with van der Waals surface area (Å²) in [7, 11) is 0. The maximum absolute atomic E-state index is 14.7. The predicted molar refractivity (Wildman–Crippen MR) is 169 cm³/mol. The van der Waals surface area contributed by atoms with E-state index in [1.54, 1.807) is 4.90 Å². The van der Waals surface area contributed by atoms with Crippen molar-refractivity contribution >= 4 is 52.5 Å². The molecule has 45 heavy (non-hydrogen) atoms. The van der Waals surface area contributed by atoms with Gasteiger partial charge in [0, 0.05) is 50.4 Å². The minimum atomic E-state index is -1.24. The standard InChI is InChI=1S/C31H36Cl2FN7O4/c1-31(2)12-15-40(16-13-31)25(42)9-10-26(43)41-18-20-6-4-3-5-19(20)17-24(41)30(45)38-23(11-14-36-39-35)29(44)37-22-8-7-21(32)27(33)28(22)34/h3-8,23-24H,9-18H2,1-2H3,(H,37,44)(H,38,45). The van der Waals surface area contributed by atoms with Crippen LogP contribution in [0.4, 0.5) is 10.1 Å². The largest absolute Gasteiger partial charge is 0.343 e. The van der Waals surface area contributed by atoms with Gasteiger partial charge in [-0.3, -0.25) is 19.2 Å². The number of piperidine rings is 1. The van der Waals surface area contributed by atoms with Crippen molar-refractivity contribution in [2.24, 2.45) is 10.5 Å². The Morgan fingerprint density at radius 2 is 1.73 bits per heavy atom. The first kappa shape index (κ1) is 34.0. The highest BCUT2D eigenvalue weighted by atomic mass is 35.5. The highest BCUT2D eigenvalue weighted by Gasteiger charge is 2.37. The smallest absolute Gasteiger partial charge is 0.247 e. The van der Waals surface area contributed by atoms with Crippen LogP contribution in [-0.2, 0) is 32.1 Å². The van der Waals surface area contributed by atoms with Crippen LogP contribution in [0, 0.1) is 11.2 Å². The molecule has 0 bridgehead atoms. The first-order valence-corrected chi connectivity index (χ1v) is 15.6. The van der Waals surface area contributed by atoms with Gasteiger partial charge in [0.15, 0.2) is 5.82 Å². The summed E-state index contributed by atoms with van der Waals surface area (Å²) in [4.78, 5) is 59.4. The summed E-state index contributed by atoms with van der Waals surface area (Å²) in [5.74, 6) is -2.79. The molecule has 2 heterocycles. The molecule has 2 aliphatic rings. The van der Waals surface area contributed by atoms with Crippen LogP contribution in [-0.4, -0.2) is 65.1 Å². The fourth-order valence-corrected chi connectivity index (χ4v) is 5.82. The van der Waals surface area contributed by atoms with Crippen molar-refractivity contribution in [2.45, 2.75) is 71.0 Å². The average molecular weight is 661 g/mol. The lowest BCUT2D eigenvalue weighted by Gasteiger charge is -2.38. The van der Waals surface area contributed by atoms with Gasteiger partial charge in [0.25, 0.3) is 0 Å². The molecule has 14 heteroatoms. The number of carbonyl (C=O) groups excluding carboxylic acids is 4. The molecule has 2 N–H and O–H groups in total. The molecule has 2 unspecified atom stereocenters. The molecule has 1 fully saturated rings. The zero-order valence-electron chi connectivity index (χ0n) is 25.2. The lowest BCUT2D eigenvalue weighted by atomic mass is 9.82. The van der Waals surface area contributed by atoms with E-state index in [-0.39, 0.29) is 71.7 Å². The number of hydrogen-bond donors (Lipinski definition) is 2. The van der Waals surface area contributed by atoms with Gasteiger partial charge in [-0.05, 0) is 53.5 Å². The Morgan fingerprint density at radius 1 is 1.07 bits per heavy atom. The molecule has 0 radical (unpaired) electrons. The van der Waals surface area contributed by atoms with E-state index in [4.69, 9.17) is 28.7 Å². The number of likely N-dealkylation sites (tertiary alicyclic amines) is 1. The van der Waals surface area contributed by atoms with E-state index in [2.05, 4.69) is 34.5 Å². The number of anilines is 1. The van der Waals surface area contributed by atoms with Crippen molar-refractivity contribution < 1.29 is 23.6 Å². The first-order chi connectivity index (χ1) is 21.4. The summed E-state index contributed by atoms with van der Waals surface area (Å²) in [6.45, 7) is 5.66. The fourth-order valence-electron chi connectivity index (χ4n) is 5.51. The van der Waals surface area contributed by atoms with Gasteiger partial charge in [0.1, 0.15) is 12.1 Å². The molecule has 4 rings (SSSR count). The summed E-state index contributed by atoms with van der Waals surface area (Å²) < 4.78 is 14.7. The van der Waals surface area contributed by atoms with Crippen molar-refractivity contribution in [3.63, 3.8) is 0 Å².